The molecule has 3 rings (SSSR count). The molecule has 0 saturated carbocycles. The molecule has 24 heavy (non-hydrogen) atoms. The van der Waals surface area contributed by atoms with Crippen molar-refractivity contribution in [3.8, 4) is 11.5 Å². The lowest BCUT2D eigenvalue weighted by atomic mass is 10.0. The van der Waals surface area contributed by atoms with E-state index in [-0.39, 0.29) is 12.6 Å². The van der Waals surface area contributed by atoms with E-state index >= 15 is 0 Å². The van der Waals surface area contributed by atoms with Gasteiger partial charge in [0.15, 0.2) is 0 Å². The summed E-state index contributed by atoms with van der Waals surface area (Å²) in [6.45, 7) is 5.44. The van der Waals surface area contributed by atoms with Crippen LogP contribution in [0.3, 0.4) is 0 Å². The van der Waals surface area contributed by atoms with E-state index in [1.165, 1.54) is 5.56 Å². The van der Waals surface area contributed by atoms with E-state index < -0.39 is 6.10 Å². The SMILES string of the molecule is Cc1ccc(C)c(OCC(O)CNC2COc3ccccc3C2)c1. The van der Waals surface area contributed by atoms with E-state index in [4.69, 9.17) is 9.47 Å². The highest BCUT2D eigenvalue weighted by molar-refractivity contribution is 5.36. The number of rotatable bonds is 6. The second-order valence-corrected chi connectivity index (χ2v) is 6.46. The first kappa shape index (κ1) is 16.8. The maximum atomic E-state index is 10.2. The van der Waals surface area contributed by atoms with Gasteiger partial charge in [0, 0.05) is 12.6 Å². The first-order chi connectivity index (χ1) is 11.6. The number of para-hydroxylation sites is 1. The smallest absolute Gasteiger partial charge is 0.122 e. The van der Waals surface area contributed by atoms with Gasteiger partial charge in [-0.1, -0.05) is 30.3 Å². The Morgan fingerprint density at radius 3 is 2.96 bits per heavy atom. The van der Waals surface area contributed by atoms with Gasteiger partial charge in [0.25, 0.3) is 0 Å². The highest BCUT2D eigenvalue weighted by Gasteiger charge is 2.19. The van der Waals surface area contributed by atoms with Gasteiger partial charge in [-0.25, -0.2) is 0 Å². The minimum Gasteiger partial charge on any atom is -0.492 e. The van der Waals surface area contributed by atoms with Gasteiger partial charge >= 0.3 is 0 Å². The maximum Gasteiger partial charge on any atom is 0.122 e. The van der Waals surface area contributed by atoms with Crippen LogP contribution in [0.2, 0.25) is 0 Å². The first-order valence-corrected chi connectivity index (χ1v) is 8.44. The Bertz CT molecular complexity index is 686. The number of aliphatic hydroxyl groups is 1. The molecule has 4 nitrogen and oxygen atoms in total. The van der Waals surface area contributed by atoms with Gasteiger partial charge in [-0.3, -0.25) is 0 Å². The number of aryl methyl sites for hydroxylation is 2. The lowest BCUT2D eigenvalue weighted by molar-refractivity contribution is 0.0991. The predicted octanol–water partition coefficient (Wildman–Crippen LogP) is 2.64. The monoisotopic (exact) mass is 327 g/mol. The summed E-state index contributed by atoms with van der Waals surface area (Å²) in [6, 6.07) is 14.4. The van der Waals surface area contributed by atoms with Gasteiger partial charge in [-0.15, -0.1) is 0 Å². The molecule has 2 aromatic carbocycles. The van der Waals surface area contributed by atoms with Crippen molar-refractivity contribution >= 4 is 0 Å². The molecule has 0 spiro atoms. The van der Waals surface area contributed by atoms with Gasteiger partial charge in [0.2, 0.25) is 0 Å². The quantitative estimate of drug-likeness (QED) is 0.856. The van der Waals surface area contributed by atoms with Crippen LogP contribution in [0.1, 0.15) is 16.7 Å². The summed E-state index contributed by atoms with van der Waals surface area (Å²) < 4.78 is 11.5. The number of ether oxygens (including phenoxy) is 2. The normalized spacial score (nSPS) is 17.7. The fourth-order valence-electron chi connectivity index (χ4n) is 2.87. The van der Waals surface area contributed by atoms with Crippen molar-refractivity contribution in [3.63, 3.8) is 0 Å². The maximum absolute atomic E-state index is 10.2. The Morgan fingerprint density at radius 1 is 1.25 bits per heavy atom. The Labute approximate surface area is 143 Å². The number of hydrogen-bond donors (Lipinski definition) is 2. The third-order valence-corrected chi connectivity index (χ3v) is 4.30. The second-order valence-electron chi connectivity index (χ2n) is 6.46. The second kappa shape index (κ2) is 7.69. The Morgan fingerprint density at radius 2 is 2.08 bits per heavy atom. The lowest BCUT2D eigenvalue weighted by Gasteiger charge is -2.27. The van der Waals surface area contributed by atoms with Crippen molar-refractivity contribution < 1.29 is 14.6 Å². The summed E-state index contributed by atoms with van der Waals surface area (Å²) >= 11 is 0. The van der Waals surface area contributed by atoms with Crippen LogP contribution in [0, 0.1) is 13.8 Å². The Kier molecular flexibility index (Phi) is 5.38. The molecule has 0 radical (unpaired) electrons. The van der Waals surface area contributed by atoms with E-state index in [1.54, 1.807) is 0 Å². The van der Waals surface area contributed by atoms with Crippen molar-refractivity contribution in [2.75, 3.05) is 19.8 Å². The minimum absolute atomic E-state index is 0.218. The first-order valence-electron chi connectivity index (χ1n) is 8.44. The molecular formula is C20H25NO3. The van der Waals surface area contributed by atoms with Crippen LogP contribution in [-0.2, 0) is 6.42 Å². The summed E-state index contributed by atoms with van der Waals surface area (Å²) in [5, 5.41) is 13.5. The summed E-state index contributed by atoms with van der Waals surface area (Å²) in [6.07, 6.45) is 0.364. The van der Waals surface area contributed by atoms with E-state index in [0.717, 1.165) is 29.0 Å². The Hall–Kier alpha value is -2.04. The molecule has 2 aromatic rings. The van der Waals surface area contributed by atoms with Gasteiger partial charge in [-0.05, 0) is 49.1 Å². The molecule has 4 heteroatoms. The van der Waals surface area contributed by atoms with E-state index in [2.05, 4.69) is 17.4 Å². The van der Waals surface area contributed by atoms with Crippen LogP contribution in [-0.4, -0.2) is 37.0 Å². The molecule has 1 heterocycles. The average Bonchev–Trinajstić information content (AvgIpc) is 2.60. The molecule has 0 saturated heterocycles. The van der Waals surface area contributed by atoms with E-state index in [9.17, 15) is 5.11 Å². The summed E-state index contributed by atoms with van der Waals surface area (Å²) in [7, 11) is 0. The van der Waals surface area contributed by atoms with Crippen molar-refractivity contribution in [2.24, 2.45) is 0 Å². The zero-order valence-corrected chi connectivity index (χ0v) is 14.3. The van der Waals surface area contributed by atoms with Gasteiger partial charge in [-0.2, -0.15) is 0 Å². The van der Waals surface area contributed by atoms with Crippen LogP contribution in [0.15, 0.2) is 42.5 Å². The topological polar surface area (TPSA) is 50.7 Å². The van der Waals surface area contributed by atoms with Gasteiger partial charge in [0.1, 0.15) is 30.8 Å². The van der Waals surface area contributed by atoms with Crippen molar-refractivity contribution in [3.05, 3.63) is 59.2 Å². The number of benzene rings is 2. The number of fused-ring (bicyclic) bond motifs is 1. The van der Waals surface area contributed by atoms with Crippen molar-refractivity contribution in [1.82, 2.24) is 5.32 Å². The Balaban J connectivity index is 1.45. The van der Waals surface area contributed by atoms with Crippen LogP contribution < -0.4 is 14.8 Å². The molecule has 1 aliphatic rings. The third-order valence-electron chi connectivity index (χ3n) is 4.30. The zero-order valence-electron chi connectivity index (χ0n) is 14.3. The highest BCUT2D eigenvalue weighted by Crippen LogP contribution is 2.24. The lowest BCUT2D eigenvalue weighted by Crippen LogP contribution is -2.44. The summed E-state index contributed by atoms with van der Waals surface area (Å²) in [5.41, 5.74) is 3.45. The van der Waals surface area contributed by atoms with Crippen molar-refractivity contribution in [1.29, 1.82) is 0 Å². The zero-order chi connectivity index (χ0) is 16.9. The average molecular weight is 327 g/mol. The van der Waals surface area contributed by atoms with Gasteiger partial charge < -0.3 is 19.9 Å². The van der Waals surface area contributed by atoms with Crippen LogP contribution in [0.4, 0.5) is 0 Å². The fourth-order valence-corrected chi connectivity index (χ4v) is 2.87. The molecule has 0 aliphatic carbocycles. The van der Waals surface area contributed by atoms with Crippen LogP contribution >= 0.6 is 0 Å². The standard InChI is InChI=1S/C20H25NO3/c1-14-7-8-15(2)20(9-14)24-13-18(22)11-21-17-10-16-5-3-4-6-19(16)23-12-17/h3-9,17-18,21-22H,10-13H2,1-2H3. The molecule has 2 atom stereocenters. The molecule has 2 N–H and O–H groups in total. The van der Waals surface area contributed by atoms with Gasteiger partial charge in [0.05, 0.1) is 0 Å². The summed E-state index contributed by atoms with van der Waals surface area (Å²) in [4.78, 5) is 0. The molecule has 0 bridgehead atoms. The van der Waals surface area contributed by atoms with Crippen LogP contribution in [0.25, 0.3) is 0 Å². The largest absolute Gasteiger partial charge is 0.492 e. The third kappa shape index (κ3) is 4.28. The van der Waals surface area contributed by atoms with Crippen LogP contribution in [0.5, 0.6) is 11.5 Å². The predicted molar refractivity (Wildman–Crippen MR) is 94.8 cm³/mol. The van der Waals surface area contributed by atoms with E-state index in [1.807, 2.05) is 44.2 Å². The molecular weight excluding hydrogens is 302 g/mol. The van der Waals surface area contributed by atoms with Crippen molar-refractivity contribution in [2.45, 2.75) is 32.4 Å². The van der Waals surface area contributed by atoms with E-state index in [0.29, 0.717) is 13.2 Å². The summed E-state index contributed by atoms with van der Waals surface area (Å²) in [5.74, 6) is 1.80. The number of hydrogen-bond acceptors (Lipinski definition) is 4. The fraction of sp³-hybridized carbons (Fsp3) is 0.400. The molecule has 1 aliphatic heterocycles. The molecule has 0 amide bonds. The number of nitrogens with one attached hydrogen (secondary N) is 1. The molecule has 128 valence electrons. The molecule has 2 unspecified atom stereocenters. The minimum atomic E-state index is -0.554. The molecule has 0 fully saturated rings. The highest BCUT2D eigenvalue weighted by atomic mass is 16.5. The number of aliphatic hydroxyl groups excluding tert-OH is 1. The molecule has 0 aromatic heterocycles.